The molecule has 0 radical (unpaired) electrons. The highest BCUT2D eigenvalue weighted by atomic mass is 16.6. The zero-order chi connectivity index (χ0) is 79.4. The first-order valence-electron chi connectivity index (χ1n) is 33.4. The minimum Gasteiger partial charge on any atom is -0.508 e. The number of aliphatic hydroxyl groups is 2. The Balaban J connectivity index is 1.38. The molecule has 2 aliphatic rings. The van der Waals surface area contributed by atoms with Crippen LogP contribution < -0.4 is 64.2 Å². The number of phenolic OH excluding ortho intramolecular Hbond substituents is 1. The highest BCUT2D eigenvalue weighted by Crippen LogP contribution is 2.27. The molecule has 2 aliphatic heterocycles. The molecule has 0 saturated carbocycles. The van der Waals surface area contributed by atoms with Gasteiger partial charge in [-0.25, -0.2) is 4.79 Å². The number of hydrogen-bond donors (Lipinski definition) is 21. The Bertz CT molecular complexity index is 4310. The molecule has 7 unspecified atom stereocenters. The number of nitrogens with two attached hydrogens (primary N) is 1. The van der Waals surface area contributed by atoms with Gasteiger partial charge in [-0.1, -0.05) is 68.8 Å². The molecule has 3 aromatic carbocycles. The maximum absolute atomic E-state index is 15.3. The number of hydrogen-bond acceptors (Lipinski definition) is 22. The van der Waals surface area contributed by atoms with Crippen LogP contribution in [0.4, 0.5) is 0 Å². The second-order valence-corrected chi connectivity index (χ2v) is 25.3. The Morgan fingerprint density at radius 1 is 0.620 bits per heavy atom. The lowest BCUT2D eigenvalue weighted by Crippen LogP contribution is -2.62. The molecule has 40 heteroatoms. The van der Waals surface area contributed by atoms with Crippen LogP contribution in [0.25, 0.3) is 27.9 Å². The maximum atomic E-state index is 15.3. The van der Waals surface area contributed by atoms with E-state index in [0.29, 0.717) is 34.6 Å². The summed E-state index contributed by atoms with van der Waals surface area (Å²) in [5.74, 6) is -28.2. The number of rotatable bonds is 23. The Morgan fingerprint density at radius 2 is 1.15 bits per heavy atom. The second kappa shape index (κ2) is 37.7. The van der Waals surface area contributed by atoms with Crippen LogP contribution in [-0.4, -0.2) is 238 Å². The third kappa shape index (κ3) is 23.1. The molecule has 7 rings (SSSR count). The van der Waals surface area contributed by atoms with Crippen LogP contribution in [0, 0.1) is 5.92 Å². The molecule has 40 nitrogen and oxygen atoms in total. The first-order valence-corrected chi connectivity index (χ1v) is 33.4. The fourth-order valence-electron chi connectivity index (χ4n) is 11.4. The minimum absolute atomic E-state index is 0.0925. The number of esters is 1. The standard InChI is InChI=1S/C68H80N14O26/c1-4-9-46-56(108-46)67(105)79-45(28-83)63(101)82-53-30(3)107-68(106)44(21-33-26-71-38-13-8-6-11-36(33)38)78-64(102)52(29(2)18-48(86)87)81-66(104)54(55(94)57(69)95)80-47(85)27-72-58(96)41(22-49(88)89)74-59(97)39(19-31-14-16-34(84)17-15-31)73-61(99)42(23-50(90)91)76-62(100)43(24-51(92)93)75-60(98)40(77-65(53)103)20-32-25-70-37-12-7-5-10-35(32)37/h5-8,10-17,21,25-26,29-30,39-43,45-46,52-56,70-71,83-84,94H,4,9,18-20,22-24,27-28H2,1-3H3,(H2,69,95)(H,72,96)(H,73,99)(H,74,97)(H,75,98)(H,76,100)(H,77,103)(H,78,102)(H,79,105)(H,80,85)(H,81,104)(H,82,101)(H,86,87)(H,88,89)(H,90,91)(H,92,93)/b44-21+/t29-,30?,39-,40?,41+,42?,43+,45+,46?,52?,53?,54-,55+,56?/m1/s1. The third-order valence-corrected chi connectivity index (χ3v) is 17.0. The van der Waals surface area contributed by atoms with Crippen LogP contribution in [0.1, 0.15) is 76.0 Å². The number of carbonyl (C=O) groups excluding carboxylic acids is 13. The van der Waals surface area contributed by atoms with Gasteiger partial charge in [0.25, 0.3) is 5.91 Å². The maximum Gasteiger partial charge on any atom is 0.355 e. The zero-order valence-electron chi connectivity index (χ0n) is 57.8. The predicted molar refractivity (Wildman–Crippen MR) is 368 cm³/mol. The van der Waals surface area contributed by atoms with Crippen molar-refractivity contribution in [3.05, 3.63) is 108 Å². The first kappa shape index (κ1) is 82.4. The van der Waals surface area contributed by atoms with Crippen molar-refractivity contribution in [3.63, 3.8) is 0 Å². The van der Waals surface area contributed by atoms with Crippen molar-refractivity contribution in [2.45, 2.75) is 151 Å². The van der Waals surface area contributed by atoms with E-state index in [2.05, 4.69) is 52.5 Å². The monoisotopic (exact) mass is 1510 g/mol. The van der Waals surface area contributed by atoms with E-state index in [-0.39, 0.29) is 22.4 Å². The number of benzene rings is 3. The van der Waals surface area contributed by atoms with Gasteiger partial charge in [-0.05, 0) is 60.7 Å². The largest absolute Gasteiger partial charge is 0.508 e. The molecule has 2 saturated heterocycles. The number of ether oxygens (including phenoxy) is 2. The third-order valence-electron chi connectivity index (χ3n) is 17.0. The molecule has 22 N–H and O–H groups in total. The summed E-state index contributed by atoms with van der Waals surface area (Å²) in [4.78, 5) is 242. The van der Waals surface area contributed by atoms with Crippen LogP contribution in [0.5, 0.6) is 5.75 Å². The molecule has 12 amide bonds. The number of aromatic amines is 2. The van der Waals surface area contributed by atoms with Gasteiger partial charge in [-0.2, -0.15) is 0 Å². The van der Waals surface area contributed by atoms with E-state index < -0.39 is 243 Å². The average molecular weight is 1510 g/mol. The number of nitrogens with one attached hydrogen (secondary N) is 13. The number of aliphatic carboxylic acids is 4. The van der Waals surface area contributed by atoms with Crippen LogP contribution in [-0.2, 0) is 104 Å². The summed E-state index contributed by atoms with van der Waals surface area (Å²) in [6, 6.07) is -2.54. The molecule has 14 atom stereocenters. The first-order chi connectivity index (χ1) is 51.1. The SMILES string of the molecule is CCCC1OC1C(=O)N[C@@H](CO)C(=O)NC1C(=O)NC(Cc2c[nH]c3ccccc23)C(=O)N[C@@H](CC(=O)O)C(=O)NC(CC(=O)O)C(=O)N[C@H](Cc2ccc(O)cc2)C(=O)N[C@@H](CC(=O)O)C(=O)NCC(=O)N[C@H]([C@H](O)C(N)=O)C(=O)NC([C@H](C)CC(=O)O)C(=O)N/C(=C/c2c[nH]c3ccccc23)C(=O)OC1C. The van der Waals surface area contributed by atoms with Gasteiger partial charge in [0, 0.05) is 52.6 Å². The molecule has 2 fully saturated rings. The van der Waals surface area contributed by atoms with Gasteiger partial charge >= 0.3 is 29.8 Å². The van der Waals surface area contributed by atoms with Crippen LogP contribution >= 0.6 is 0 Å². The van der Waals surface area contributed by atoms with Gasteiger partial charge in [-0.3, -0.25) is 76.7 Å². The molecule has 5 aromatic rings. The van der Waals surface area contributed by atoms with Crippen molar-refractivity contribution < 1.29 is 127 Å². The van der Waals surface area contributed by atoms with E-state index in [9.17, 15) is 103 Å². The lowest BCUT2D eigenvalue weighted by atomic mass is 9.96. The molecule has 108 heavy (non-hydrogen) atoms. The van der Waals surface area contributed by atoms with Crippen molar-refractivity contribution in [1.29, 1.82) is 0 Å². The summed E-state index contributed by atoms with van der Waals surface area (Å²) >= 11 is 0. The number of carboxylic acid groups (broad SMARTS) is 4. The molecule has 4 heterocycles. The number of carboxylic acids is 4. The summed E-state index contributed by atoms with van der Waals surface area (Å²) < 4.78 is 11.3. The Kier molecular flexibility index (Phi) is 28.8. The number of H-pyrrole nitrogens is 2. The van der Waals surface area contributed by atoms with Crippen LogP contribution in [0.15, 0.2) is 90.9 Å². The number of carbonyl (C=O) groups is 17. The number of amides is 12. The molecule has 0 spiro atoms. The molecule has 578 valence electrons. The van der Waals surface area contributed by atoms with E-state index >= 15 is 14.4 Å². The lowest BCUT2D eigenvalue weighted by Gasteiger charge is -2.29. The topological polar surface area (TPSA) is 643 Å². The number of cyclic esters (lactones) is 1. The van der Waals surface area contributed by atoms with Crippen molar-refractivity contribution in [2.24, 2.45) is 11.7 Å². The normalized spacial score (nSPS) is 24.0. The van der Waals surface area contributed by atoms with E-state index in [1.165, 1.54) is 24.5 Å². The van der Waals surface area contributed by atoms with Gasteiger partial charge in [0.05, 0.1) is 44.9 Å². The molecule has 0 aliphatic carbocycles. The summed E-state index contributed by atoms with van der Waals surface area (Å²) in [5.41, 5.74) is 5.75. The molecular weight excluding hydrogens is 1430 g/mol. The highest BCUT2D eigenvalue weighted by molar-refractivity contribution is 6.05. The van der Waals surface area contributed by atoms with Crippen LogP contribution in [0.3, 0.4) is 0 Å². The van der Waals surface area contributed by atoms with E-state index in [4.69, 9.17) is 15.2 Å². The fraction of sp³-hybridized carbons (Fsp3) is 0.397. The number of epoxide rings is 1. The summed E-state index contributed by atoms with van der Waals surface area (Å²) in [5, 5.41) is 96.3. The number of primary amides is 1. The van der Waals surface area contributed by atoms with Gasteiger partial charge in [0.15, 0.2) is 12.2 Å². The number of para-hydroxylation sites is 2. The summed E-state index contributed by atoms with van der Waals surface area (Å²) in [7, 11) is 0. The highest BCUT2D eigenvalue weighted by Gasteiger charge is 2.46. The lowest BCUT2D eigenvalue weighted by molar-refractivity contribution is -0.150. The van der Waals surface area contributed by atoms with Crippen LogP contribution in [0.2, 0.25) is 0 Å². The van der Waals surface area contributed by atoms with E-state index in [1.54, 1.807) is 55.5 Å². The predicted octanol–water partition coefficient (Wildman–Crippen LogP) is -5.34. The van der Waals surface area contributed by atoms with Gasteiger partial charge in [0.2, 0.25) is 65.0 Å². The minimum atomic E-state index is -2.73. The number of aromatic nitrogens is 2. The molecule has 2 aromatic heterocycles. The van der Waals surface area contributed by atoms with Crippen molar-refractivity contribution in [2.75, 3.05) is 13.2 Å². The van der Waals surface area contributed by atoms with Crippen molar-refractivity contribution in [1.82, 2.24) is 68.5 Å². The number of fused-ring (bicyclic) bond motifs is 2. The molecule has 0 bridgehead atoms. The summed E-state index contributed by atoms with van der Waals surface area (Å²) in [6.07, 6.45) is -8.05. The van der Waals surface area contributed by atoms with Crippen molar-refractivity contribution in [3.8, 4) is 5.75 Å². The molecular formula is C68H80N14O26. The van der Waals surface area contributed by atoms with E-state index in [0.717, 1.165) is 32.1 Å². The Labute approximate surface area is 610 Å². The smallest absolute Gasteiger partial charge is 0.355 e. The van der Waals surface area contributed by atoms with Gasteiger partial charge in [-0.15, -0.1) is 0 Å². The average Bonchev–Trinajstić information content (AvgIpc) is 1.62. The number of aromatic hydroxyl groups is 1. The van der Waals surface area contributed by atoms with Crippen molar-refractivity contribution >= 4 is 129 Å². The second-order valence-electron chi connectivity index (χ2n) is 25.3. The Hall–Kier alpha value is -12.9. The zero-order valence-corrected chi connectivity index (χ0v) is 57.8. The van der Waals surface area contributed by atoms with Gasteiger partial charge < -0.3 is 119 Å². The number of phenols is 1. The summed E-state index contributed by atoms with van der Waals surface area (Å²) in [6.45, 7) is 1.40. The fourth-order valence-corrected chi connectivity index (χ4v) is 11.4. The number of aliphatic hydroxyl groups excluding tert-OH is 2. The Morgan fingerprint density at radius 3 is 1.71 bits per heavy atom. The van der Waals surface area contributed by atoms with E-state index in [1.807, 2.05) is 16.0 Å². The van der Waals surface area contributed by atoms with Gasteiger partial charge in [0.1, 0.15) is 71.9 Å². The quantitative estimate of drug-likeness (QED) is 0.0165.